The van der Waals surface area contributed by atoms with Gasteiger partial charge in [-0.15, -0.1) is 0 Å². The molecule has 0 atom stereocenters. The fraction of sp³-hybridized carbons (Fsp3) is 1.00. The molecule has 0 saturated carbocycles. The van der Waals surface area contributed by atoms with Crippen molar-refractivity contribution in [1.82, 2.24) is 0 Å². The van der Waals surface area contributed by atoms with Gasteiger partial charge in [-0.05, 0) is 19.3 Å². The molecular weight excluding hydrogens is 240 g/mol. The van der Waals surface area contributed by atoms with E-state index in [1.54, 1.807) is 0 Å². The van der Waals surface area contributed by atoms with Gasteiger partial charge in [-0.3, -0.25) is 0 Å². The Morgan fingerprint density at radius 3 is 1.63 bits per heavy atom. The zero-order valence-corrected chi connectivity index (χ0v) is 13.2. The van der Waals surface area contributed by atoms with E-state index in [0.29, 0.717) is 19.6 Å². The monoisotopic (exact) mass is 274 g/mol. The molecule has 0 unspecified atom stereocenters. The van der Waals surface area contributed by atoms with Gasteiger partial charge in [0.25, 0.3) is 5.97 Å². The van der Waals surface area contributed by atoms with E-state index in [1.807, 2.05) is 13.8 Å². The summed E-state index contributed by atoms with van der Waals surface area (Å²) < 4.78 is 10.9. The lowest BCUT2D eigenvalue weighted by atomic mass is 10.1. The minimum Gasteiger partial charge on any atom is -0.343 e. The summed E-state index contributed by atoms with van der Waals surface area (Å²) in [4.78, 5) is 0. The van der Waals surface area contributed by atoms with E-state index in [4.69, 9.17) is 9.47 Å². The van der Waals surface area contributed by atoms with Crippen LogP contribution in [0.5, 0.6) is 0 Å². The summed E-state index contributed by atoms with van der Waals surface area (Å²) in [7, 11) is 0. The fourth-order valence-electron chi connectivity index (χ4n) is 2.01. The maximum Gasteiger partial charge on any atom is 0.280 e. The average molecular weight is 274 g/mol. The Bertz CT molecular complexity index is 175. The maximum absolute atomic E-state index is 10.3. The molecule has 19 heavy (non-hydrogen) atoms. The zero-order chi connectivity index (χ0) is 14.4. The summed E-state index contributed by atoms with van der Waals surface area (Å²) in [6, 6.07) is 0. The summed E-state index contributed by atoms with van der Waals surface area (Å²) in [5.74, 6) is -1.35. The Labute approximate surface area is 119 Å². The summed E-state index contributed by atoms with van der Waals surface area (Å²) in [5, 5.41) is 10.3. The van der Waals surface area contributed by atoms with Crippen molar-refractivity contribution in [3.05, 3.63) is 0 Å². The topological polar surface area (TPSA) is 38.7 Å². The van der Waals surface area contributed by atoms with Crippen molar-refractivity contribution in [3.8, 4) is 0 Å². The summed E-state index contributed by atoms with van der Waals surface area (Å²) >= 11 is 0. The normalized spacial score (nSPS) is 12.0. The van der Waals surface area contributed by atoms with Crippen molar-refractivity contribution in [2.75, 3.05) is 13.2 Å². The third-order valence-electron chi connectivity index (χ3n) is 3.16. The standard InChI is InChI=1S/C16H34O3/c1-4-7-8-9-10-11-12-13-16(17,18-14-5-2)19-15-6-3/h17H,4-15H2,1-3H3. The molecule has 0 radical (unpaired) electrons. The molecule has 0 fully saturated rings. The Kier molecular flexibility index (Phi) is 12.8. The van der Waals surface area contributed by atoms with Crippen molar-refractivity contribution in [2.45, 2.75) is 91.0 Å². The van der Waals surface area contributed by atoms with E-state index >= 15 is 0 Å². The van der Waals surface area contributed by atoms with Crippen molar-refractivity contribution < 1.29 is 14.6 Å². The van der Waals surface area contributed by atoms with Gasteiger partial charge in [-0.2, -0.15) is 0 Å². The molecule has 0 amide bonds. The van der Waals surface area contributed by atoms with Crippen LogP contribution in [0.1, 0.15) is 85.0 Å². The third-order valence-corrected chi connectivity index (χ3v) is 3.16. The largest absolute Gasteiger partial charge is 0.343 e. The molecule has 3 nitrogen and oxygen atoms in total. The smallest absolute Gasteiger partial charge is 0.280 e. The molecule has 0 rings (SSSR count). The van der Waals surface area contributed by atoms with E-state index in [2.05, 4.69) is 6.92 Å². The van der Waals surface area contributed by atoms with Crippen molar-refractivity contribution in [2.24, 2.45) is 0 Å². The SMILES string of the molecule is CCCCCCCCCC(O)(OCCC)OCCC. The van der Waals surface area contributed by atoms with Gasteiger partial charge in [-0.25, -0.2) is 0 Å². The first-order chi connectivity index (χ1) is 9.18. The molecule has 0 aliphatic rings. The summed E-state index contributed by atoms with van der Waals surface area (Å²) in [6.07, 6.45) is 11.0. The predicted octanol–water partition coefficient (Wildman–Crippen LogP) is 4.63. The van der Waals surface area contributed by atoms with Crippen molar-refractivity contribution in [1.29, 1.82) is 0 Å². The molecule has 1 N–H and O–H groups in total. The molecule has 0 aromatic carbocycles. The quantitative estimate of drug-likeness (QED) is 0.371. The molecule has 0 heterocycles. The highest BCUT2D eigenvalue weighted by molar-refractivity contribution is 4.57. The predicted molar refractivity (Wildman–Crippen MR) is 80.0 cm³/mol. The van der Waals surface area contributed by atoms with Crippen molar-refractivity contribution in [3.63, 3.8) is 0 Å². The van der Waals surface area contributed by atoms with Crippen LogP contribution in [0.15, 0.2) is 0 Å². The minimum atomic E-state index is -1.35. The Morgan fingerprint density at radius 1 is 0.684 bits per heavy atom. The fourth-order valence-corrected chi connectivity index (χ4v) is 2.01. The summed E-state index contributed by atoms with van der Waals surface area (Å²) in [5.41, 5.74) is 0. The Balaban J connectivity index is 3.72. The highest BCUT2D eigenvalue weighted by atomic mass is 16.8. The minimum absolute atomic E-state index is 0.552. The number of ether oxygens (including phenoxy) is 2. The number of unbranched alkanes of at least 4 members (excludes halogenated alkanes) is 6. The van der Waals surface area contributed by atoms with Crippen LogP contribution in [0, 0.1) is 0 Å². The molecule has 0 aromatic heterocycles. The first-order valence-electron chi connectivity index (χ1n) is 8.18. The van der Waals surface area contributed by atoms with Crippen LogP contribution in [0.25, 0.3) is 0 Å². The van der Waals surface area contributed by atoms with Crippen LogP contribution in [-0.4, -0.2) is 24.3 Å². The van der Waals surface area contributed by atoms with E-state index in [-0.39, 0.29) is 0 Å². The second-order valence-corrected chi connectivity index (χ2v) is 5.28. The van der Waals surface area contributed by atoms with Crippen LogP contribution < -0.4 is 0 Å². The zero-order valence-electron chi connectivity index (χ0n) is 13.2. The molecule has 0 bridgehead atoms. The van der Waals surface area contributed by atoms with Crippen LogP contribution >= 0.6 is 0 Å². The van der Waals surface area contributed by atoms with Gasteiger partial charge >= 0.3 is 0 Å². The van der Waals surface area contributed by atoms with Gasteiger partial charge in [0.2, 0.25) is 0 Å². The van der Waals surface area contributed by atoms with E-state index in [9.17, 15) is 5.11 Å². The van der Waals surface area contributed by atoms with Gasteiger partial charge < -0.3 is 14.6 Å². The third kappa shape index (κ3) is 11.4. The number of rotatable bonds is 14. The van der Waals surface area contributed by atoms with E-state index in [0.717, 1.165) is 25.7 Å². The van der Waals surface area contributed by atoms with Gasteiger partial charge in [-0.1, -0.05) is 59.3 Å². The second-order valence-electron chi connectivity index (χ2n) is 5.28. The van der Waals surface area contributed by atoms with Crippen LogP contribution in [0.3, 0.4) is 0 Å². The second kappa shape index (κ2) is 12.9. The van der Waals surface area contributed by atoms with E-state index < -0.39 is 5.97 Å². The molecule has 0 aliphatic carbocycles. The lowest BCUT2D eigenvalue weighted by Crippen LogP contribution is -2.36. The molecule has 0 saturated heterocycles. The first-order valence-corrected chi connectivity index (χ1v) is 8.18. The lowest BCUT2D eigenvalue weighted by Gasteiger charge is -2.28. The van der Waals surface area contributed by atoms with Crippen molar-refractivity contribution >= 4 is 0 Å². The lowest BCUT2D eigenvalue weighted by molar-refractivity contribution is -0.363. The first kappa shape index (κ1) is 18.9. The molecular formula is C16H34O3. The van der Waals surface area contributed by atoms with Gasteiger partial charge in [0, 0.05) is 6.42 Å². The Hall–Kier alpha value is -0.120. The number of aliphatic hydroxyl groups is 1. The van der Waals surface area contributed by atoms with Gasteiger partial charge in [0.1, 0.15) is 0 Å². The highest BCUT2D eigenvalue weighted by Gasteiger charge is 2.27. The maximum atomic E-state index is 10.3. The van der Waals surface area contributed by atoms with Gasteiger partial charge in [0.05, 0.1) is 13.2 Å². The molecule has 0 aliphatic heterocycles. The highest BCUT2D eigenvalue weighted by Crippen LogP contribution is 2.20. The van der Waals surface area contributed by atoms with Gasteiger partial charge in [0.15, 0.2) is 0 Å². The molecule has 0 spiro atoms. The van der Waals surface area contributed by atoms with E-state index in [1.165, 1.54) is 32.1 Å². The molecule has 116 valence electrons. The Morgan fingerprint density at radius 2 is 1.16 bits per heavy atom. The summed E-state index contributed by atoms with van der Waals surface area (Å²) in [6.45, 7) is 7.41. The van der Waals surface area contributed by atoms with Crippen LogP contribution in [0.2, 0.25) is 0 Å². The molecule has 3 heteroatoms. The van der Waals surface area contributed by atoms with Crippen LogP contribution in [0.4, 0.5) is 0 Å². The number of hydrogen-bond donors (Lipinski definition) is 1. The average Bonchev–Trinajstić information content (AvgIpc) is 2.42. The van der Waals surface area contributed by atoms with Crippen LogP contribution in [-0.2, 0) is 9.47 Å². The number of hydrogen-bond acceptors (Lipinski definition) is 3. The molecule has 0 aromatic rings.